The van der Waals surface area contributed by atoms with Gasteiger partial charge >= 0.3 is 0 Å². The number of piperazine rings is 1. The summed E-state index contributed by atoms with van der Waals surface area (Å²) in [7, 11) is 0. The summed E-state index contributed by atoms with van der Waals surface area (Å²) in [6.07, 6.45) is 0. The Bertz CT molecular complexity index is 512. The summed E-state index contributed by atoms with van der Waals surface area (Å²) in [6, 6.07) is 4.36. The fourth-order valence-corrected chi connectivity index (χ4v) is 4.18. The molecule has 2 aromatic heterocycles. The number of nitrogens with zero attached hydrogens (tertiary/aromatic N) is 2. The Balaban J connectivity index is 1.47. The number of thiophene rings is 1. The van der Waals surface area contributed by atoms with E-state index in [4.69, 9.17) is 4.42 Å². The molecule has 0 aliphatic carbocycles. The van der Waals surface area contributed by atoms with Crippen LogP contribution in [-0.4, -0.2) is 36.4 Å². The van der Waals surface area contributed by atoms with Crippen molar-refractivity contribution in [2.75, 3.05) is 26.2 Å². The summed E-state index contributed by atoms with van der Waals surface area (Å²) < 4.78 is 6.68. The molecule has 0 radical (unpaired) electrons. The largest absolute Gasteiger partial charge is 0.420 e. The van der Waals surface area contributed by atoms with Gasteiger partial charge in [0, 0.05) is 6.92 Å². The molecule has 2 aromatic rings. The third-order valence-electron chi connectivity index (χ3n) is 3.69. The molecule has 108 valence electrons. The van der Waals surface area contributed by atoms with Gasteiger partial charge < -0.3 is 14.2 Å². The molecule has 1 aliphatic rings. The van der Waals surface area contributed by atoms with Gasteiger partial charge in [-0.05, 0) is 28.1 Å². The van der Waals surface area contributed by atoms with Gasteiger partial charge in [0.1, 0.15) is 32.7 Å². The zero-order valence-electron chi connectivity index (χ0n) is 11.5. The number of nitrogens with one attached hydrogen (secondary N) is 2. The summed E-state index contributed by atoms with van der Waals surface area (Å²) in [5, 5.41) is 7.97. The number of aryl methyl sites for hydroxylation is 1. The van der Waals surface area contributed by atoms with E-state index < -0.39 is 0 Å². The number of hydrogen-bond acceptors (Lipinski definition) is 4. The average Bonchev–Trinajstić information content (AvgIpc) is 3.01. The molecule has 5 nitrogen and oxygen atoms in total. The van der Waals surface area contributed by atoms with Gasteiger partial charge in [-0.3, -0.25) is 0 Å². The second-order valence-corrected chi connectivity index (χ2v) is 7.82. The molecular weight excluding hydrogens is 340 g/mol. The van der Waals surface area contributed by atoms with Gasteiger partial charge in [-0.2, -0.15) is 0 Å². The standard InChI is InChI=1S/C13H17BrN4OS/c1-10-15-16-13(19-10)9-18-6-4-17(5-7-18)8-11-2-3-12(14)20-11/h2-3H,4-9H2,1H3/p+2. The van der Waals surface area contributed by atoms with Gasteiger partial charge in [-0.15, -0.1) is 21.5 Å². The lowest BCUT2D eigenvalue weighted by molar-refractivity contribution is -1.02. The predicted molar refractivity (Wildman–Crippen MR) is 79.9 cm³/mol. The fourth-order valence-electron chi connectivity index (χ4n) is 2.63. The van der Waals surface area contributed by atoms with Crippen LogP contribution in [0, 0.1) is 6.92 Å². The molecule has 3 rings (SSSR count). The van der Waals surface area contributed by atoms with E-state index in [9.17, 15) is 0 Å². The molecule has 0 unspecified atom stereocenters. The first kappa shape index (κ1) is 14.2. The van der Waals surface area contributed by atoms with Crippen molar-refractivity contribution < 1.29 is 14.2 Å². The topological polar surface area (TPSA) is 47.8 Å². The molecule has 0 bridgehead atoms. The first-order valence-electron chi connectivity index (χ1n) is 6.89. The van der Waals surface area contributed by atoms with E-state index in [2.05, 4.69) is 38.3 Å². The molecule has 0 atom stereocenters. The Morgan fingerprint density at radius 2 is 1.85 bits per heavy atom. The third-order valence-corrected chi connectivity index (χ3v) is 5.31. The van der Waals surface area contributed by atoms with Crippen molar-refractivity contribution in [3.8, 4) is 0 Å². The van der Waals surface area contributed by atoms with Crippen molar-refractivity contribution in [2.45, 2.75) is 20.0 Å². The molecule has 20 heavy (non-hydrogen) atoms. The molecule has 1 saturated heterocycles. The average molecular weight is 359 g/mol. The Morgan fingerprint density at radius 3 is 2.40 bits per heavy atom. The predicted octanol–water partition coefficient (Wildman–Crippen LogP) is -0.314. The zero-order valence-corrected chi connectivity index (χ0v) is 13.9. The Morgan fingerprint density at radius 1 is 1.15 bits per heavy atom. The van der Waals surface area contributed by atoms with Crippen molar-refractivity contribution in [3.63, 3.8) is 0 Å². The van der Waals surface area contributed by atoms with E-state index in [-0.39, 0.29) is 0 Å². The van der Waals surface area contributed by atoms with Crippen LogP contribution in [0.2, 0.25) is 0 Å². The molecule has 1 fully saturated rings. The van der Waals surface area contributed by atoms with E-state index in [1.54, 1.807) is 9.80 Å². The molecule has 0 aromatic carbocycles. The fraction of sp³-hybridized carbons (Fsp3) is 0.538. The van der Waals surface area contributed by atoms with Crippen LogP contribution in [0.3, 0.4) is 0 Å². The van der Waals surface area contributed by atoms with Crippen LogP contribution in [-0.2, 0) is 13.1 Å². The van der Waals surface area contributed by atoms with Gasteiger partial charge in [0.2, 0.25) is 5.89 Å². The number of quaternary nitrogens is 2. The molecule has 3 heterocycles. The highest BCUT2D eigenvalue weighted by molar-refractivity contribution is 9.11. The molecule has 0 spiro atoms. The molecule has 0 saturated carbocycles. The highest BCUT2D eigenvalue weighted by atomic mass is 79.9. The van der Waals surface area contributed by atoms with Crippen LogP contribution < -0.4 is 9.80 Å². The summed E-state index contributed by atoms with van der Waals surface area (Å²) in [5.74, 6) is 1.43. The van der Waals surface area contributed by atoms with Crippen LogP contribution in [0.5, 0.6) is 0 Å². The summed E-state index contributed by atoms with van der Waals surface area (Å²) in [5.41, 5.74) is 0. The van der Waals surface area contributed by atoms with Gasteiger partial charge in [0.15, 0.2) is 6.54 Å². The van der Waals surface area contributed by atoms with Gasteiger partial charge in [-0.25, -0.2) is 0 Å². The Labute approximate surface area is 130 Å². The maximum absolute atomic E-state index is 5.46. The Hall–Kier alpha value is -0.760. The highest BCUT2D eigenvalue weighted by Crippen LogP contribution is 2.21. The first-order chi connectivity index (χ1) is 9.69. The summed E-state index contributed by atoms with van der Waals surface area (Å²) >= 11 is 5.37. The van der Waals surface area contributed by atoms with Gasteiger partial charge in [0.05, 0.1) is 8.66 Å². The van der Waals surface area contributed by atoms with Crippen LogP contribution in [0.4, 0.5) is 0 Å². The molecule has 0 amide bonds. The summed E-state index contributed by atoms with van der Waals surface area (Å²) in [4.78, 5) is 4.68. The van der Waals surface area contributed by atoms with Crippen LogP contribution in [0.25, 0.3) is 0 Å². The number of halogens is 1. The lowest BCUT2D eigenvalue weighted by Crippen LogP contribution is -3.27. The third kappa shape index (κ3) is 3.66. The van der Waals surface area contributed by atoms with Crippen LogP contribution in [0.1, 0.15) is 16.7 Å². The maximum Gasteiger partial charge on any atom is 0.271 e. The lowest BCUT2D eigenvalue weighted by Gasteiger charge is -2.28. The van der Waals surface area contributed by atoms with E-state index in [0.29, 0.717) is 5.89 Å². The number of aromatic nitrogens is 2. The molecule has 2 N–H and O–H groups in total. The van der Waals surface area contributed by atoms with E-state index in [1.165, 1.54) is 34.8 Å². The second kappa shape index (κ2) is 6.34. The van der Waals surface area contributed by atoms with E-state index in [1.807, 2.05) is 18.3 Å². The summed E-state index contributed by atoms with van der Waals surface area (Å²) in [6.45, 7) is 8.59. The minimum absolute atomic E-state index is 0.659. The normalized spacial score (nSPS) is 23.1. The quantitative estimate of drug-likeness (QED) is 0.787. The van der Waals surface area contributed by atoms with E-state index in [0.717, 1.165) is 19.0 Å². The maximum atomic E-state index is 5.46. The molecule has 1 aliphatic heterocycles. The SMILES string of the molecule is Cc1nnc(C[NH+]2CC[NH+](Cc3ccc(Br)s3)CC2)o1. The molecular formula is C13H19BrN4OS+2. The minimum atomic E-state index is 0.659. The number of hydrogen-bond donors (Lipinski definition) is 2. The van der Waals surface area contributed by atoms with Crippen LogP contribution in [0.15, 0.2) is 20.3 Å². The monoisotopic (exact) mass is 358 g/mol. The van der Waals surface area contributed by atoms with E-state index >= 15 is 0 Å². The van der Waals surface area contributed by atoms with Crippen LogP contribution >= 0.6 is 27.3 Å². The van der Waals surface area contributed by atoms with Crippen molar-refractivity contribution in [1.82, 2.24) is 10.2 Å². The Kier molecular flexibility index (Phi) is 4.50. The second-order valence-electron chi connectivity index (χ2n) is 5.27. The van der Waals surface area contributed by atoms with Crippen molar-refractivity contribution >= 4 is 27.3 Å². The zero-order chi connectivity index (χ0) is 13.9. The van der Waals surface area contributed by atoms with Crippen molar-refractivity contribution in [3.05, 3.63) is 32.6 Å². The molecule has 7 heteroatoms. The van der Waals surface area contributed by atoms with Gasteiger partial charge in [0.25, 0.3) is 5.89 Å². The first-order valence-corrected chi connectivity index (χ1v) is 8.50. The lowest BCUT2D eigenvalue weighted by atomic mass is 10.3. The smallest absolute Gasteiger partial charge is 0.271 e. The minimum Gasteiger partial charge on any atom is -0.420 e. The van der Waals surface area contributed by atoms with Gasteiger partial charge in [-0.1, -0.05) is 0 Å². The van der Waals surface area contributed by atoms with Crippen molar-refractivity contribution in [1.29, 1.82) is 0 Å². The highest BCUT2D eigenvalue weighted by Gasteiger charge is 2.24. The van der Waals surface area contributed by atoms with Crippen molar-refractivity contribution in [2.24, 2.45) is 0 Å². The number of rotatable bonds is 4.